The van der Waals surface area contributed by atoms with Crippen LogP contribution in [0.5, 0.6) is 0 Å². The van der Waals surface area contributed by atoms with E-state index in [4.69, 9.17) is 5.73 Å². The van der Waals surface area contributed by atoms with E-state index in [0.29, 0.717) is 12.4 Å². The van der Waals surface area contributed by atoms with Crippen molar-refractivity contribution in [3.63, 3.8) is 0 Å². The van der Waals surface area contributed by atoms with Crippen LogP contribution in [0, 0.1) is 13.8 Å². The van der Waals surface area contributed by atoms with E-state index < -0.39 is 11.7 Å². The summed E-state index contributed by atoms with van der Waals surface area (Å²) in [5, 5.41) is 8.15. The van der Waals surface area contributed by atoms with E-state index in [0.717, 1.165) is 16.8 Å². The van der Waals surface area contributed by atoms with Crippen LogP contribution in [0.1, 0.15) is 23.2 Å². The molecule has 20 heavy (non-hydrogen) atoms. The molecular formula is C13H17F3N4. The molecule has 1 aromatic rings. The SMILES string of the molecule is Cc1nnc(N2CC=C(C(F)(F)F)CC2)c(CN)c1C. The highest BCUT2D eigenvalue weighted by Crippen LogP contribution is 2.32. The second kappa shape index (κ2) is 5.40. The van der Waals surface area contributed by atoms with Crippen LogP contribution in [-0.2, 0) is 6.54 Å². The molecule has 2 N–H and O–H groups in total. The molecule has 0 aromatic carbocycles. The molecule has 2 rings (SSSR count). The summed E-state index contributed by atoms with van der Waals surface area (Å²) in [6.45, 7) is 4.48. The summed E-state index contributed by atoms with van der Waals surface area (Å²) in [5.41, 5.74) is 7.85. The Morgan fingerprint density at radius 1 is 1.30 bits per heavy atom. The summed E-state index contributed by atoms with van der Waals surface area (Å²) in [6.07, 6.45) is -3.07. The molecule has 1 aliphatic rings. The molecule has 0 fully saturated rings. The number of alkyl halides is 3. The van der Waals surface area contributed by atoms with Crippen molar-refractivity contribution in [2.75, 3.05) is 18.0 Å². The minimum absolute atomic E-state index is 0.0396. The second-order valence-corrected chi connectivity index (χ2v) is 4.84. The molecule has 0 amide bonds. The largest absolute Gasteiger partial charge is 0.412 e. The lowest BCUT2D eigenvalue weighted by molar-refractivity contribution is -0.0944. The Kier molecular flexibility index (Phi) is 3.99. The van der Waals surface area contributed by atoms with Crippen molar-refractivity contribution in [3.8, 4) is 0 Å². The van der Waals surface area contributed by atoms with Crippen LogP contribution in [0.4, 0.5) is 19.0 Å². The van der Waals surface area contributed by atoms with Gasteiger partial charge in [-0.2, -0.15) is 18.3 Å². The van der Waals surface area contributed by atoms with Crippen molar-refractivity contribution in [1.29, 1.82) is 0 Å². The van der Waals surface area contributed by atoms with E-state index >= 15 is 0 Å². The Balaban J connectivity index is 2.28. The zero-order valence-corrected chi connectivity index (χ0v) is 11.5. The monoisotopic (exact) mass is 286 g/mol. The third-order valence-electron chi connectivity index (χ3n) is 3.64. The summed E-state index contributed by atoms with van der Waals surface area (Å²) in [5.74, 6) is 0.591. The number of nitrogens with zero attached hydrogens (tertiary/aromatic N) is 3. The lowest BCUT2D eigenvalue weighted by Crippen LogP contribution is -2.34. The molecule has 0 radical (unpaired) electrons. The fourth-order valence-electron chi connectivity index (χ4n) is 2.26. The van der Waals surface area contributed by atoms with Crippen LogP contribution in [0.25, 0.3) is 0 Å². The van der Waals surface area contributed by atoms with Gasteiger partial charge in [-0.05, 0) is 25.8 Å². The molecule has 0 bridgehead atoms. The smallest absolute Gasteiger partial charge is 0.351 e. The highest BCUT2D eigenvalue weighted by molar-refractivity contribution is 5.52. The van der Waals surface area contributed by atoms with Crippen LogP contribution in [-0.4, -0.2) is 29.5 Å². The molecular weight excluding hydrogens is 269 g/mol. The number of nitrogens with two attached hydrogens (primary N) is 1. The van der Waals surface area contributed by atoms with Gasteiger partial charge in [-0.25, -0.2) is 0 Å². The molecule has 1 aliphatic heterocycles. The van der Waals surface area contributed by atoms with Gasteiger partial charge < -0.3 is 10.6 Å². The van der Waals surface area contributed by atoms with Gasteiger partial charge in [0.05, 0.1) is 5.69 Å². The number of halogens is 3. The maximum absolute atomic E-state index is 12.6. The number of aryl methyl sites for hydroxylation is 1. The Morgan fingerprint density at radius 3 is 2.50 bits per heavy atom. The van der Waals surface area contributed by atoms with E-state index in [1.165, 1.54) is 6.08 Å². The van der Waals surface area contributed by atoms with Gasteiger partial charge in [-0.15, -0.1) is 5.10 Å². The van der Waals surface area contributed by atoms with Crippen LogP contribution >= 0.6 is 0 Å². The molecule has 2 heterocycles. The molecule has 0 atom stereocenters. The van der Waals surface area contributed by atoms with Crippen molar-refractivity contribution in [3.05, 3.63) is 28.5 Å². The first-order chi connectivity index (χ1) is 9.34. The predicted octanol–water partition coefficient (Wildman–Crippen LogP) is 2.25. The van der Waals surface area contributed by atoms with Crippen LogP contribution < -0.4 is 10.6 Å². The third kappa shape index (κ3) is 2.77. The molecule has 0 unspecified atom stereocenters. The Hall–Kier alpha value is -1.63. The zero-order chi connectivity index (χ0) is 14.9. The quantitative estimate of drug-likeness (QED) is 0.847. The van der Waals surface area contributed by atoms with Crippen molar-refractivity contribution in [2.45, 2.75) is 33.0 Å². The van der Waals surface area contributed by atoms with E-state index in [1.54, 1.807) is 4.90 Å². The number of hydrogen-bond acceptors (Lipinski definition) is 4. The molecule has 4 nitrogen and oxygen atoms in total. The molecule has 110 valence electrons. The first kappa shape index (κ1) is 14.8. The molecule has 0 spiro atoms. The number of aromatic nitrogens is 2. The van der Waals surface area contributed by atoms with Crippen molar-refractivity contribution >= 4 is 5.82 Å². The van der Waals surface area contributed by atoms with Crippen molar-refractivity contribution in [1.82, 2.24) is 10.2 Å². The molecule has 1 aromatic heterocycles. The van der Waals surface area contributed by atoms with Gasteiger partial charge in [0.2, 0.25) is 0 Å². The van der Waals surface area contributed by atoms with Crippen molar-refractivity contribution < 1.29 is 13.2 Å². The van der Waals surface area contributed by atoms with E-state index in [2.05, 4.69) is 10.2 Å². The Labute approximate surface area is 115 Å². The van der Waals surface area contributed by atoms with Gasteiger partial charge >= 0.3 is 6.18 Å². The zero-order valence-electron chi connectivity index (χ0n) is 11.5. The number of hydrogen-bond donors (Lipinski definition) is 1. The summed E-state index contributed by atoms with van der Waals surface area (Å²) in [6, 6.07) is 0. The first-order valence-electron chi connectivity index (χ1n) is 6.38. The molecule has 0 saturated heterocycles. The first-order valence-corrected chi connectivity index (χ1v) is 6.38. The Morgan fingerprint density at radius 2 is 2.00 bits per heavy atom. The van der Waals surface area contributed by atoms with Crippen LogP contribution in [0.15, 0.2) is 11.6 Å². The lowest BCUT2D eigenvalue weighted by atomic mass is 10.1. The van der Waals surface area contributed by atoms with Gasteiger partial charge in [0, 0.05) is 30.8 Å². The molecule has 0 saturated carbocycles. The molecule has 7 heteroatoms. The fraction of sp³-hybridized carbons (Fsp3) is 0.538. The lowest BCUT2D eigenvalue weighted by Gasteiger charge is -2.29. The number of anilines is 1. The number of rotatable bonds is 2. The van der Waals surface area contributed by atoms with Crippen LogP contribution in [0.3, 0.4) is 0 Å². The standard InChI is InChI=1S/C13H17F3N4/c1-8-9(2)18-19-12(11(8)7-17)20-5-3-10(4-6-20)13(14,15)16/h3H,4-7,17H2,1-2H3. The summed E-state index contributed by atoms with van der Waals surface area (Å²) in [4.78, 5) is 1.79. The third-order valence-corrected chi connectivity index (χ3v) is 3.64. The predicted molar refractivity (Wildman–Crippen MR) is 70.4 cm³/mol. The maximum Gasteiger partial charge on any atom is 0.412 e. The summed E-state index contributed by atoms with van der Waals surface area (Å²) in [7, 11) is 0. The van der Waals surface area contributed by atoms with Gasteiger partial charge in [0.25, 0.3) is 0 Å². The average Bonchev–Trinajstić information content (AvgIpc) is 2.41. The van der Waals surface area contributed by atoms with E-state index in [-0.39, 0.29) is 19.5 Å². The maximum atomic E-state index is 12.6. The van der Waals surface area contributed by atoms with E-state index in [1.807, 2.05) is 13.8 Å². The average molecular weight is 286 g/mol. The summed E-state index contributed by atoms with van der Waals surface area (Å²) < 4.78 is 37.8. The van der Waals surface area contributed by atoms with E-state index in [9.17, 15) is 13.2 Å². The topological polar surface area (TPSA) is 55.0 Å². The van der Waals surface area contributed by atoms with Gasteiger partial charge in [0.15, 0.2) is 5.82 Å². The van der Waals surface area contributed by atoms with Crippen molar-refractivity contribution in [2.24, 2.45) is 5.73 Å². The highest BCUT2D eigenvalue weighted by Gasteiger charge is 2.35. The van der Waals surface area contributed by atoms with Gasteiger partial charge in [0.1, 0.15) is 0 Å². The van der Waals surface area contributed by atoms with Crippen LogP contribution in [0.2, 0.25) is 0 Å². The second-order valence-electron chi connectivity index (χ2n) is 4.84. The minimum Gasteiger partial charge on any atom is -0.351 e. The minimum atomic E-state index is -4.24. The molecule has 0 aliphatic carbocycles. The highest BCUT2D eigenvalue weighted by atomic mass is 19.4. The normalized spacial score (nSPS) is 16.3. The fourth-order valence-corrected chi connectivity index (χ4v) is 2.26. The summed E-state index contributed by atoms with van der Waals surface area (Å²) >= 11 is 0. The van der Waals surface area contributed by atoms with Gasteiger partial charge in [-0.3, -0.25) is 0 Å². The van der Waals surface area contributed by atoms with Gasteiger partial charge in [-0.1, -0.05) is 6.08 Å². The Bertz CT molecular complexity index is 537.